The van der Waals surface area contributed by atoms with Crippen molar-refractivity contribution in [2.75, 3.05) is 13.1 Å². The predicted octanol–water partition coefficient (Wildman–Crippen LogP) is 2.94. The first-order valence-corrected chi connectivity index (χ1v) is 7.24. The van der Waals surface area contributed by atoms with Gasteiger partial charge in [0.25, 0.3) is 0 Å². The molecule has 1 aromatic rings. The van der Waals surface area contributed by atoms with Crippen molar-refractivity contribution < 1.29 is 0 Å². The summed E-state index contributed by atoms with van der Waals surface area (Å²) in [5.74, 6) is 0.704. The van der Waals surface area contributed by atoms with E-state index in [1.807, 2.05) is 0 Å². The molecule has 2 atom stereocenters. The van der Waals surface area contributed by atoms with Gasteiger partial charge in [0, 0.05) is 12.6 Å². The summed E-state index contributed by atoms with van der Waals surface area (Å²) < 4.78 is 0. The van der Waals surface area contributed by atoms with E-state index in [0.717, 1.165) is 19.6 Å². The van der Waals surface area contributed by atoms with Gasteiger partial charge in [0.05, 0.1) is 0 Å². The van der Waals surface area contributed by atoms with Crippen molar-refractivity contribution in [1.82, 2.24) is 4.90 Å². The smallest absolute Gasteiger partial charge is 0.0236 e. The zero-order chi connectivity index (χ0) is 13.0. The van der Waals surface area contributed by atoms with Crippen LogP contribution in [0.25, 0.3) is 0 Å². The number of rotatable bonds is 5. The number of hydrogen-bond donors (Lipinski definition) is 1. The Balaban J connectivity index is 2.02. The molecule has 2 heteroatoms. The van der Waals surface area contributed by atoms with Crippen molar-refractivity contribution in [3.8, 4) is 0 Å². The second-order valence-electron chi connectivity index (χ2n) is 5.54. The van der Waals surface area contributed by atoms with E-state index >= 15 is 0 Å². The second-order valence-corrected chi connectivity index (χ2v) is 5.54. The van der Waals surface area contributed by atoms with Crippen molar-refractivity contribution in [2.45, 2.75) is 45.7 Å². The van der Waals surface area contributed by atoms with Crippen LogP contribution < -0.4 is 5.73 Å². The summed E-state index contributed by atoms with van der Waals surface area (Å²) in [6.07, 6.45) is 3.98. The van der Waals surface area contributed by atoms with Crippen LogP contribution >= 0.6 is 0 Å². The highest BCUT2D eigenvalue weighted by Crippen LogP contribution is 2.30. The summed E-state index contributed by atoms with van der Waals surface area (Å²) in [4.78, 5) is 2.61. The average molecular weight is 246 g/mol. The standard InChI is InChI=1S/C16H26N2/c1-3-18(16-6-4-5-15(16)11-17)12-14-9-7-13(2)8-10-14/h7-10,15-16H,3-6,11-12,17H2,1-2H3. The minimum absolute atomic E-state index is 0.696. The van der Waals surface area contributed by atoms with E-state index in [0.29, 0.717) is 12.0 Å². The average Bonchev–Trinajstić information content (AvgIpc) is 2.86. The molecule has 0 amide bonds. The highest BCUT2D eigenvalue weighted by atomic mass is 15.2. The lowest BCUT2D eigenvalue weighted by molar-refractivity contribution is 0.162. The summed E-state index contributed by atoms with van der Waals surface area (Å²) in [5.41, 5.74) is 8.66. The van der Waals surface area contributed by atoms with Gasteiger partial charge in [-0.2, -0.15) is 0 Å². The zero-order valence-electron chi connectivity index (χ0n) is 11.7. The minimum Gasteiger partial charge on any atom is -0.330 e. The van der Waals surface area contributed by atoms with Crippen molar-refractivity contribution in [3.63, 3.8) is 0 Å². The Morgan fingerprint density at radius 1 is 1.22 bits per heavy atom. The van der Waals surface area contributed by atoms with Gasteiger partial charge in [-0.1, -0.05) is 43.2 Å². The summed E-state index contributed by atoms with van der Waals surface area (Å²) in [7, 11) is 0. The monoisotopic (exact) mass is 246 g/mol. The lowest BCUT2D eigenvalue weighted by Gasteiger charge is -2.31. The molecule has 1 fully saturated rings. The molecule has 0 saturated heterocycles. The van der Waals surface area contributed by atoms with Crippen LogP contribution in [0.2, 0.25) is 0 Å². The molecule has 0 radical (unpaired) electrons. The third-order valence-electron chi connectivity index (χ3n) is 4.30. The number of nitrogens with two attached hydrogens (primary N) is 1. The summed E-state index contributed by atoms with van der Waals surface area (Å²) >= 11 is 0. The van der Waals surface area contributed by atoms with E-state index in [1.165, 1.54) is 30.4 Å². The Bertz CT molecular complexity index is 358. The fourth-order valence-corrected chi connectivity index (χ4v) is 3.16. The maximum absolute atomic E-state index is 5.90. The van der Waals surface area contributed by atoms with Crippen molar-refractivity contribution >= 4 is 0 Å². The number of nitrogens with zero attached hydrogens (tertiary/aromatic N) is 1. The molecule has 0 aromatic heterocycles. The molecule has 2 nitrogen and oxygen atoms in total. The third kappa shape index (κ3) is 3.12. The molecule has 100 valence electrons. The van der Waals surface area contributed by atoms with Gasteiger partial charge in [-0.3, -0.25) is 4.90 Å². The van der Waals surface area contributed by atoms with Gasteiger partial charge in [-0.25, -0.2) is 0 Å². The normalized spacial score (nSPS) is 23.8. The molecule has 0 aliphatic heterocycles. The number of aryl methyl sites for hydroxylation is 1. The summed E-state index contributed by atoms with van der Waals surface area (Å²) in [6, 6.07) is 9.62. The first-order chi connectivity index (χ1) is 8.74. The van der Waals surface area contributed by atoms with Crippen LogP contribution in [0.4, 0.5) is 0 Å². The molecule has 1 saturated carbocycles. The van der Waals surface area contributed by atoms with Crippen LogP contribution in [0, 0.1) is 12.8 Å². The fraction of sp³-hybridized carbons (Fsp3) is 0.625. The summed E-state index contributed by atoms with van der Waals surface area (Å²) in [6.45, 7) is 7.44. The van der Waals surface area contributed by atoms with E-state index in [1.54, 1.807) is 0 Å². The Morgan fingerprint density at radius 2 is 1.94 bits per heavy atom. The van der Waals surface area contributed by atoms with Gasteiger partial charge in [-0.05, 0) is 44.3 Å². The minimum atomic E-state index is 0.696. The quantitative estimate of drug-likeness (QED) is 0.865. The molecular weight excluding hydrogens is 220 g/mol. The van der Waals surface area contributed by atoms with Gasteiger partial charge in [0.15, 0.2) is 0 Å². The maximum atomic E-state index is 5.90. The van der Waals surface area contributed by atoms with Crippen molar-refractivity contribution in [3.05, 3.63) is 35.4 Å². The van der Waals surface area contributed by atoms with Gasteiger partial charge in [0.1, 0.15) is 0 Å². The highest BCUT2D eigenvalue weighted by molar-refractivity contribution is 5.21. The summed E-state index contributed by atoms with van der Waals surface area (Å²) in [5, 5.41) is 0. The topological polar surface area (TPSA) is 29.3 Å². The van der Waals surface area contributed by atoms with Gasteiger partial charge < -0.3 is 5.73 Å². The number of hydrogen-bond acceptors (Lipinski definition) is 2. The van der Waals surface area contributed by atoms with E-state index < -0.39 is 0 Å². The van der Waals surface area contributed by atoms with Crippen LogP contribution in [0.15, 0.2) is 24.3 Å². The SMILES string of the molecule is CCN(Cc1ccc(C)cc1)C1CCCC1CN. The van der Waals surface area contributed by atoms with Crippen LogP contribution in [-0.2, 0) is 6.54 Å². The first kappa shape index (κ1) is 13.6. The lowest BCUT2D eigenvalue weighted by Crippen LogP contribution is -2.39. The van der Waals surface area contributed by atoms with Crippen molar-refractivity contribution in [2.24, 2.45) is 11.7 Å². The molecule has 1 aliphatic carbocycles. The Labute approximate surface area is 111 Å². The Morgan fingerprint density at radius 3 is 2.56 bits per heavy atom. The largest absolute Gasteiger partial charge is 0.330 e. The second kappa shape index (κ2) is 6.35. The van der Waals surface area contributed by atoms with E-state index in [9.17, 15) is 0 Å². The zero-order valence-corrected chi connectivity index (χ0v) is 11.7. The van der Waals surface area contributed by atoms with Crippen molar-refractivity contribution in [1.29, 1.82) is 0 Å². The van der Waals surface area contributed by atoms with Crippen LogP contribution in [-0.4, -0.2) is 24.0 Å². The highest BCUT2D eigenvalue weighted by Gasteiger charge is 2.30. The molecule has 2 N–H and O–H groups in total. The van der Waals surface area contributed by atoms with Gasteiger partial charge in [-0.15, -0.1) is 0 Å². The molecule has 0 spiro atoms. The van der Waals surface area contributed by atoms with Gasteiger partial charge >= 0.3 is 0 Å². The lowest BCUT2D eigenvalue weighted by atomic mass is 10.0. The predicted molar refractivity (Wildman–Crippen MR) is 77.4 cm³/mol. The van der Waals surface area contributed by atoms with Crippen LogP contribution in [0.1, 0.15) is 37.3 Å². The fourth-order valence-electron chi connectivity index (χ4n) is 3.16. The van der Waals surface area contributed by atoms with E-state index in [-0.39, 0.29) is 0 Å². The van der Waals surface area contributed by atoms with E-state index in [2.05, 4.69) is 43.0 Å². The molecule has 2 rings (SSSR count). The number of benzene rings is 1. The molecule has 1 aliphatic rings. The Kier molecular flexibility index (Phi) is 4.79. The first-order valence-electron chi connectivity index (χ1n) is 7.24. The van der Waals surface area contributed by atoms with Crippen LogP contribution in [0.5, 0.6) is 0 Å². The third-order valence-corrected chi connectivity index (χ3v) is 4.30. The molecule has 1 aromatic carbocycles. The maximum Gasteiger partial charge on any atom is 0.0236 e. The molecule has 0 bridgehead atoms. The molecule has 0 heterocycles. The molecule has 2 unspecified atom stereocenters. The van der Waals surface area contributed by atoms with Gasteiger partial charge in [0.2, 0.25) is 0 Å². The molecule has 18 heavy (non-hydrogen) atoms. The Hall–Kier alpha value is -0.860. The molecular formula is C16H26N2. The van der Waals surface area contributed by atoms with Crippen LogP contribution in [0.3, 0.4) is 0 Å². The van der Waals surface area contributed by atoms with E-state index in [4.69, 9.17) is 5.73 Å².